The van der Waals surface area contributed by atoms with E-state index in [-0.39, 0.29) is 0 Å². The molecule has 1 heteroatoms. The Morgan fingerprint density at radius 1 is 0.370 bits per heavy atom. The lowest BCUT2D eigenvalue weighted by molar-refractivity contribution is 0.487. The third kappa shape index (κ3) is 3.40. The number of benzene rings is 8. The highest BCUT2D eigenvalue weighted by molar-refractivity contribution is 6.07. The van der Waals surface area contributed by atoms with Gasteiger partial charge in [0.15, 0.2) is 0 Å². The van der Waals surface area contributed by atoms with Crippen LogP contribution in [0.5, 0.6) is 11.5 Å². The molecule has 8 aromatic carbocycles. The molecule has 0 aromatic heterocycles. The molecular formula is C45H28O. The van der Waals surface area contributed by atoms with Gasteiger partial charge in [-0.05, 0) is 90.5 Å². The van der Waals surface area contributed by atoms with Crippen molar-refractivity contribution in [3.05, 3.63) is 192 Å². The molecule has 0 amide bonds. The van der Waals surface area contributed by atoms with Crippen LogP contribution < -0.4 is 4.74 Å². The van der Waals surface area contributed by atoms with Gasteiger partial charge >= 0.3 is 0 Å². The van der Waals surface area contributed by atoms with Crippen LogP contribution in [-0.2, 0) is 5.41 Å². The summed E-state index contributed by atoms with van der Waals surface area (Å²) in [7, 11) is 0. The normalized spacial score (nSPS) is 15.7. The summed E-state index contributed by atoms with van der Waals surface area (Å²) in [4.78, 5) is 0. The van der Waals surface area contributed by atoms with Gasteiger partial charge in [0.2, 0.25) is 0 Å². The summed E-state index contributed by atoms with van der Waals surface area (Å²) in [6, 6.07) is 62.1. The lowest BCUT2D eigenvalue weighted by atomic mass is 9.67. The summed E-state index contributed by atoms with van der Waals surface area (Å²) in [6.07, 6.45) is 0. The monoisotopic (exact) mass is 584 g/mol. The average molecular weight is 585 g/mol. The van der Waals surface area contributed by atoms with Gasteiger partial charge in [-0.1, -0.05) is 146 Å². The van der Waals surface area contributed by atoms with Gasteiger partial charge in [0.05, 0.1) is 5.41 Å². The minimum Gasteiger partial charge on any atom is -0.456 e. The fourth-order valence-electron chi connectivity index (χ4n) is 8.19. The summed E-state index contributed by atoms with van der Waals surface area (Å²) < 4.78 is 6.50. The maximum absolute atomic E-state index is 6.50. The largest absolute Gasteiger partial charge is 0.456 e. The second kappa shape index (κ2) is 9.54. The fraction of sp³-hybridized carbons (Fsp3) is 0.0222. The van der Waals surface area contributed by atoms with E-state index in [1.807, 2.05) is 0 Å². The van der Waals surface area contributed by atoms with Gasteiger partial charge < -0.3 is 4.74 Å². The standard InChI is InChI=1S/C45H28O/c1-2-15-33(16-3-1)45(39-20-7-6-17-36(39)38-27-31-11-4-5-12-32(31)28-40(38)45)34-25-23-29(24-26-34)35-18-10-22-42-44(35)37-19-8-13-30-14-9-21-41(46-42)43(30)37/h1-28H. The number of hydrogen-bond donors (Lipinski definition) is 0. The van der Waals surface area contributed by atoms with Crippen molar-refractivity contribution in [1.29, 1.82) is 0 Å². The highest BCUT2D eigenvalue weighted by Gasteiger charge is 2.46. The van der Waals surface area contributed by atoms with Crippen molar-refractivity contribution >= 4 is 21.5 Å². The number of ether oxygens (including phenoxy) is 1. The molecule has 46 heavy (non-hydrogen) atoms. The van der Waals surface area contributed by atoms with Crippen LogP contribution in [0.15, 0.2) is 170 Å². The van der Waals surface area contributed by atoms with Crippen molar-refractivity contribution in [2.75, 3.05) is 0 Å². The van der Waals surface area contributed by atoms with Crippen LogP contribution in [0.1, 0.15) is 22.3 Å². The molecule has 10 rings (SSSR count). The molecule has 0 spiro atoms. The number of hydrogen-bond acceptors (Lipinski definition) is 1. The van der Waals surface area contributed by atoms with E-state index in [0.29, 0.717) is 0 Å². The molecule has 1 aliphatic carbocycles. The first-order chi connectivity index (χ1) is 22.8. The zero-order valence-electron chi connectivity index (χ0n) is 25.1. The first-order valence-electron chi connectivity index (χ1n) is 15.9. The van der Waals surface area contributed by atoms with Gasteiger partial charge in [-0.15, -0.1) is 0 Å². The Hall–Kier alpha value is -5.92. The van der Waals surface area contributed by atoms with E-state index in [1.54, 1.807) is 0 Å². The van der Waals surface area contributed by atoms with Gasteiger partial charge in [0.25, 0.3) is 0 Å². The zero-order valence-corrected chi connectivity index (χ0v) is 25.1. The van der Waals surface area contributed by atoms with Crippen molar-refractivity contribution in [2.24, 2.45) is 0 Å². The molecule has 8 aromatic rings. The first-order valence-corrected chi connectivity index (χ1v) is 15.9. The topological polar surface area (TPSA) is 9.23 Å². The van der Waals surface area contributed by atoms with Crippen LogP contribution in [0.3, 0.4) is 0 Å². The van der Waals surface area contributed by atoms with Crippen LogP contribution in [0.25, 0.3) is 54.9 Å². The Labute approximate surface area is 268 Å². The minimum atomic E-state index is -0.445. The Balaban J connectivity index is 1.21. The lowest BCUT2D eigenvalue weighted by Crippen LogP contribution is -2.28. The summed E-state index contributed by atoms with van der Waals surface area (Å²) in [5, 5.41) is 4.90. The Morgan fingerprint density at radius 2 is 0.978 bits per heavy atom. The van der Waals surface area contributed by atoms with Crippen LogP contribution >= 0.6 is 0 Å². The molecule has 0 radical (unpaired) electrons. The van der Waals surface area contributed by atoms with E-state index < -0.39 is 5.41 Å². The molecule has 0 N–H and O–H groups in total. The van der Waals surface area contributed by atoms with E-state index in [2.05, 4.69) is 170 Å². The first kappa shape index (κ1) is 25.4. The van der Waals surface area contributed by atoms with Crippen LogP contribution in [-0.4, -0.2) is 0 Å². The van der Waals surface area contributed by atoms with Crippen molar-refractivity contribution in [3.8, 4) is 44.9 Å². The molecule has 1 atom stereocenters. The molecular weight excluding hydrogens is 556 g/mol. The molecule has 0 saturated heterocycles. The molecule has 2 aliphatic rings. The van der Waals surface area contributed by atoms with Crippen LogP contribution in [0, 0.1) is 0 Å². The summed E-state index contributed by atoms with van der Waals surface area (Å²) in [5.74, 6) is 1.82. The molecule has 0 saturated carbocycles. The van der Waals surface area contributed by atoms with E-state index >= 15 is 0 Å². The second-order valence-electron chi connectivity index (χ2n) is 12.4. The lowest BCUT2D eigenvalue weighted by Gasteiger charge is -2.34. The smallest absolute Gasteiger partial charge is 0.135 e. The summed E-state index contributed by atoms with van der Waals surface area (Å²) >= 11 is 0. The summed E-state index contributed by atoms with van der Waals surface area (Å²) in [5.41, 5.74) is 12.1. The van der Waals surface area contributed by atoms with E-state index in [1.165, 1.54) is 71.6 Å². The molecule has 0 fully saturated rings. The highest BCUT2D eigenvalue weighted by atomic mass is 16.5. The van der Waals surface area contributed by atoms with Crippen molar-refractivity contribution in [3.63, 3.8) is 0 Å². The molecule has 214 valence electrons. The van der Waals surface area contributed by atoms with Gasteiger partial charge in [-0.2, -0.15) is 0 Å². The van der Waals surface area contributed by atoms with Crippen LogP contribution in [0.4, 0.5) is 0 Å². The predicted octanol–water partition coefficient (Wildman–Crippen LogP) is 11.8. The molecule has 1 aliphatic heterocycles. The van der Waals surface area contributed by atoms with Crippen molar-refractivity contribution in [1.82, 2.24) is 0 Å². The second-order valence-corrected chi connectivity index (χ2v) is 12.4. The quantitative estimate of drug-likeness (QED) is 0.201. The molecule has 0 bridgehead atoms. The number of fused-ring (bicyclic) bond motifs is 6. The van der Waals surface area contributed by atoms with Gasteiger partial charge in [0.1, 0.15) is 11.5 Å². The van der Waals surface area contributed by atoms with Crippen LogP contribution in [0.2, 0.25) is 0 Å². The Bertz CT molecular complexity index is 2480. The van der Waals surface area contributed by atoms with Crippen molar-refractivity contribution < 1.29 is 4.74 Å². The maximum Gasteiger partial charge on any atom is 0.135 e. The number of rotatable bonds is 3. The fourth-order valence-corrected chi connectivity index (χ4v) is 8.19. The molecule has 1 nitrogen and oxygen atoms in total. The zero-order chi connectivity index (χ0) is 30.2. The highest BCUT2D eigenvalue weighted by Crippen LogP contribution is 2.57. The molecule has 1 heterocycles. The third-order valence-electron chi connectivity index (χ3n) is 10.1. The average Bonchev–Trinajstić information content (AvgIpc) is 3.41. The SMILES string of the molecule is c1ccc(C2(c3ccc(-c4cccc5c4-c4cccc6cccc(c46)O5)cc3)c3ccccc3-c3cc4ccccc4cc32)cc1. The maximum atomic E-state index is 6.50. The van der Waals surface area contributed by atoms with E-state index in [9.17, 15) is 0 Å². The Morgan fingerprint density at radius 3 is 1.83 bits per heavy atom. The van der Waals surface area contributed by atoms with Gasteiger partial charge in [-0.3, -0.25) is 0 Å². The van der Waals surface area contributed by atoms with Crippen molar-refractivity contribution in [2.45, 2.75) is 5.41 Å². The molecule has 1 unspecified atom stereocenters. The summed E-state index contributed by atoms with van der Waals surface area (Å²) in [6.45, 7) is 0. The third-order valence-corrected chi connectivity index (χ3v) is 10.1. The van der Waals surface area contributed by atoms with Gasteiger partial charge in [-0.25, -0.2) is 0 Å². The Kier molecular flexibility index (Phi) is 5.27. The van der Waals surface area contributed by atoms with E-state index in [0.717, 1.165) is 17.1 Å². The minimum absolute atomic E-state index is 0.445. The van der Waals surface area contributed by atoms with Gasteiger partial charge in [0, 0.05) is 10.9 Å². The predicted molar refractivity (Wildman–Crippen MR) is 190 cm³/mol. The van der Waals surface area contributed by atoms with E-state index in [4.69, 9.17) is 4.74 Å².